The Kier molecular flexibility index (Phi) is 3.45. The summed E-state index contributed by atoms with van der Waals surface area (Å²) in [6, 6.07) is 0.500. The number of hydrogen-bond donors (Lipinski definition) is 1. The summed E-state index contributed by atoms with van der Waals surface area (Å²) in [5, 5.41) is 0. The van der Waals surface area contributed by atoms with Crippen LogP contribution in [0.5, 0.6) is 0 Å². The Morgan fingerprint density at radius 3 is 2.86 bits per heavy atom. The van der Waals surface area contributed by atoms with E-state index in [4.69, 9.17) is 5.73 Å². The van der Waals surface area contributed by atoms with Gasteiger partial charge in [0.05, 0.1) is 0 Å². The highest BCUT2D eigenvalue weighted by molar-refractivity contribution is 4.92. The van der Waals surface area contributed by atoms with Crippen LogP contribution in [-0.4, -0.2) is 30.6 Å². The largest absolute Gasteiger partial charge is 0.327 e. The molecular formula is C12H24N2. The van der Waals surface area contributed by atoms with Gasteiger partial charge in [0, 0.05) is 19.1 Å². The van der Waals surface area contributed by atoms with Crippen molar-refractivity contribution in [3.63, 3.8) is 0 Å². The molecule has 1 aliphatic heterocycles. The minimum Gasteiger partial charge on any atom is -0.327 e. The van der Waals surface area contributed by atoms with Crippen LogP contribution in [0.15, 0.2) is 0 Å². The first-order chi connectivity index (χ1) is 6.81. The summed E-state index contributed by atoms with van der Waals surface area (Å²) in [7, 11) is 0. The van der Waals surface area contributed by atoms with E-state index in [0.29, 0.717) is 6.04 Å². The number of hydrogen-bond acceptors (Lipinski definition) is 2. The van der Waals surface area contributed by atoms with Crippen molar-refractivity contribution in [1.29, 1.82) is 0 Å². The average molecular weight is 196 g/mol. The molecule has 2 aliphatic rings. The third-order valence-corrected chi connectivity index (χ3v) is 4.06. The molecule has 1 saturated heterocycles. The monoisotopic (exact) mass is 196 g/mol. The predicted molar refractivity (Wildman–Crippen MR) is 60.2 cm³/mol. The van der Waals surface area contributed by atoms with Gasteiger partial charge < -0.3 is 10.6 Å². The summed E-state index contributed by atoms with van der Waals surface area (Å²) in [6.45, 7) is 6.19. The van der Waals surface area contributed by atoms with Gasteiger partial charge in [-0.25, -0.2) is 0 Å². The van der Waals surface area contributed by atoms with Gasteiger partial charge in [0.1, 0.15) is 0 Å². The molecule has 0 spiro atoms. The van der Waals surface area contributed by atoms with Crippen molar-refractivity contribution in [2.45, 2.75) is 45.1 Å². The van der Waals surface area contributed by atoms with Crippen molar-refractivity contribution in [2.75, 3.05) is 19.6 Å². The van der Waals surface area contributed by atoms with Gasteiger partial charge in [-0.1, -0.05) is 19.8 Å². The first kappa shape index (κ1) is 10.4. The first-order valence-corrected chi connectivity index (χ1v) is 6.29. The highest BCUT2D eigenvalue weighted by Crippen LogP contribution is 2.35. The van der Waals surface area contributed by atoms with Gasteiger partial charge in [0.25, 0.3) is 0 Å². The molecule has 2 rings (SSSR count). The fourth-order valence-corrected chi connectivity index (χ4v) is 3.17. The molecule has 0 aromatic carbocycles. The van der Waals surface area contributed by atoms with Gasteiger partial charge in [-0.2, -0.15) is 0 Å². The van der Waals surface area contributed by atoms with E-state index in [-0.39, 0.29) is 0 Å². The second-order valence-corrected chi connectivity index (χ2v) is 5.13. The van der Waals surface area contributed by atoms with Gasteiger partial charge in [0.2, 0.25) is 0 Å². The van der Waals surface area contributed by atoms with Crippen molar-refractivity contribution in [2.24, 2.45) is 17.6 Å². The van der Waals surface area contributed by atoms with E-state index in [1.807, 2.05) is 0 Å². The maximum Gasteiger partial charge on any atom is 0.00825 e. The lowest BCUT2D eigenvalue weighted by atomic mass is 9.78. The Morgan fingerprint density at radius 2 is 2.14 bits per heavy atom. The van der Waals surface area contributed by atoms with E-state index >= 15 is 0 Å². The molecule has 0 radical (unpaired) electrons. The third-order valence-electron chi connectivity index (χ3n) is 4.06. The van der Waals surface area contributed by atoms with Crippen LogP contribution >= 0.6 is 0 Å². The summed E-state index contributed by atoms with van der Waals surface area (Å²) in [6.07, 6.45) is 6.74. The lowest BCUT2D eigenvalue weighted by molar-refractivity contribution is 0.259. The van der Waals surface area contributed by atoms with Crippen LogP contribution in [0.25, 0.3) is 0 Å². The summed E-state index contributed by atoms with van der Waals surface area (Å²) >= 11 is 0. The lowest BCUT2D eigenvalue weighted by Crippen LogP contribution is -2.38. The van der Waals surface area contributed by atoms with Crippen molar-refractivity contribution in [3.05, 3.63) is 0 Å². The fraction of sp³-hybridized carbons (Fsp3) is 1.00. The van der Waals surface area contributed by atoms with Gasteiger partial charge in [-0.15, -0.1) is 0 Å². The molecule has 0 aromatic heterocycles. The van der Waals surface area contributed by atoms with Crippen LogP contribution in [0.2, 0.25) is 0 Å². The maximum absolute atomic E-state index is 6.18. The van der Waals surface area contributed by atoms with Crippen molar-refractivity contribution in [3.8, 4) is 0 Å². The number of nitrogens with zero attached hydrogens (tertiary/aromatic N) is 1. The second kappa shape index (κ2) is 4.63. The standard InChI is InChI=1S/C12H24N2/c1-2-3-7-14-8-10-5-4-6-12(13)11(10)9-14/h10-12H,2-9,13H2,1H3. The quantitative estimate of drug-likeness (QED) is 0.746. The molecule has 2 N–H and O–H groups in total. The summed E-state index contributed by atoms with van der Waals surface area (Å²) in [4.78, 5) is 2.64. The molecule has 3 unspecified atom stereocenters. The van der Waals surface area contributed by atoms with E-state index in [1.165, 1.54) is 51.7 Å². The second-order valence-electron chi connectivity index (χ2n) is 5.13. The normalized spacial score (nSPS) is 38.6. The molecule has 2 fully saturated rings. The zero-order valence-electron chi connectivity index (χ0n) is 9.41. The number of likely N-dealkylation sites (tertiary alicyclic amines) is 1. The Balaban J connectivity index is 1.84. The number of rotatable bonds is 3. The molecule has 1 aliphatic carbocycles. The van der Waals surface area contributed by atoms with Gasteiger partial charge in [-0.3, -0.25) is 0 Å². The Bertz CT molecular complexity index is 181. The van der Waals surface area contributed by atoms with E-state index in [2.05, 4.69) is 11.8 Å². The topological polar surface area (TPSA) is 29.3 Å². The highest BCUT2D eigenvalue weighted by Gasteiger charge is 2.38. The molecule has 0 bridgehead atoms. The van der Waals surface area contributed by atoms with Gasteiger partial charge in [0.15, 0.2) is 0 Å². The highest BCUT2D eigenvalue weighted by atomic mass is 15.2. The molecule has 1 saturated carbocycles. The SMILES string of the molecule is CCCCN1CC2CCCC(N)C2C1. The lowest BCUT2D eigenvalue weighted by Gasteiger charge is -2.29. The van der Waals surface area contributed by atoms with E-state index in [9.17, 15) is 0 Å². The van der Waals surface area contributed by atoms with Crippen molar-refractivity contribution in [1.82, 2.24) is 4.90 Å². The molecule has 0 aromatic rings. The Morgan fingerprint density at radius 1 is 1.29 bits per heavy atom. The van der Waals surface area contributed by atoms with E-state index in [0.717, 1.165) is 11.8 Å². The van der Waals surface area contributed by atoms with Crippen LogP contribution in [-0.2, 0) is 0 Å². The minimum absolute atomic E-state index is 0.500. The number of unbranched alkanes of at least 4 members (excludes halogenated alkanes) is 1. The first-order valence-electron chi connectivity index (χ1n) is 6.29. The summed E-state index contributed by atoms with van der Waals surface area (Å²) < 4.78 is 0. The number of fused-ring (bicyclic) bond motifs is 1. The smallest absolute Gasteiger partial charge is 0.00825 e. The Hall–Kier alpha value is -0.0800. The van der Waals surface area contributed by atoms with Crippen molar-refractivity contribution < 1.29 is 0 Å². The Labute approximate surface area is 87.8 Å². The molecular weight excluding hydrogens is 172 g/mol. The van der Waals surface area contributed by atoms with Gasteiger partial charge in [-0.05, 0) is 37.6 Å². The van der Waals surface area contributed by atoms with Gasteiger partial charge >= 0.3 is 0 Å². The van der Waals surface area contributed by atoms with Crippen LogP contribution in [0.3, 0.4) is 0 Å². The molecule has 82 valence electrons. The van der Waals surface area contributed by atoms with Crippen LogP contribution in [0.1, 0.15) is 39.0 Å². The van der Waals surface area contributed by atoms with Crippen LogP contribution < -0.4 is 5.73 Å². The molecule has 3 atom stereocenters. The van der Waals surface area contributed by atoms with Crippen LogP contribution in [0.4, 0.5) is 0 Å². The third kappa shape index (κ3) is 2.12. The molecule has 2 heteroatoms. The maximum atomic E-state index is 6.18. The molecule has 2 nitrogen and oxygen atoms in total. The molecule has 0 amide bonds. The van der Waals surface area contributed by atoms with E-state index < -0.39 is 0 Å². The fourth-order valence-electron chi connectivity index (χ4n) is 3.17. The average Bonchev–Trinajstić information content (AvgIpc) is 2.59. The van der Waals surface area contributed by atoms with Crippen LogP contribution in [0, 0.1) is 11.8 Å². The molecule has 14 heavy (non-hydrogen) atoms. The van der Waals surface area contributed by atoms with Crippen molar-refractivity contribution >= 4 is 0 Å². The van der Waals surface area contributed by atoms with E-state index in [1.54, 1.807) is 0 Å². The number of nitrogens with two attached hydrogens (primary N) is 1. The summed E-state index contributed by atoms with van der Waals surface area (Å²) in [5.41, 5.74) is 6.18. The zero-order valence-corrected chi connectivity index (χ0v) is 9.41. The summed E-state index contributed by atoms with van der Waals surface area (Å²) in [5.74, 6) is 1.75. The zero-order chi connectivity index (χ0) is 9.97. The molecule has 1 heterocycles. The predicted octanol–water partition coefficient (Wildman–Crippen LogP) is 1.85. The minimum atomic E-state index is 0.500.